The highest BCUT2D eigenvalue weighted by Gasteiger charge is 2.71. The summed E-state index contributed by atoms with van der Waals surface area (Å²) in [5, 5.41) is 20.9. The Morgan fingerprint density at radius 3 is 2.48 bits per heavy atom. The van der Waals surface area contributed by atoms with Gasteiger partial charge in [-0.1, -0.05) is 27.2 Å². The summed E-state index contributed by atoms with van der Waals surface area (Å²) in [6.45, 7) is 8.23. The SMILES string of the molecule is CC(C)[C@@]12C=C3[C@H](O)C[C@H]4[C@](C)(C(=O)O)CCC[C@]4(C)[C@]3(CC1)OO2. The Hall–Kier alpha value is -0.910. The van der Waals surface area contributed by atoms with Crippen LogP contribution in [0.1, 0.15) is 66.2 Å². The van der Waals surface area contributed by atoms with E-state index in [-0.39, 0.29) is 17.3 Å². The molecule has 1 spiro atoms. The molecule has 0 radical (unpaired) electrons. The molecule has 6 atom stereocenters. The molecule has 0 amide bonds. The molecule has 2 aliphatic heterocycles. The molecule has 2 heterocycles. The number of rotatable bonds is 2. The molecular formula is C20H30O5. The van der Waals surface area contributed by atoms with Gasteiger partial charge in [-0.05, 0) is 62.5 Å². The number of carboxylic acids is 1. The van der Waals surface area contributed by atoms with Gasteiger partial charge in [-0.3, -0.25) is 4.79 Å². The first-order chi connectivity index (χ1) is 11.6. The lowest BCUT2D eigenvalue weighted by molar-refractivity contribution is -0.467. The van der Waals surface area contributed by atoms with Gasteiger partial charge in [0.2, 0.25) is 0 Å². The van der Waals surface area contributed by atoms with Crippen molar-refractivity contribution in [2.45, 2.75) is 83.5 Å². The molecule has 2 bridgehead atoms. The number of fused-ring (bicyclic) bond motifs is 3. The second-order valence-electron chi connectivity index (χ2n) is 9.50. The lowest BCUT2D eigenvalue weighted by Crippen LogP contribution is -2.70. The maximum absolute atomic E-state index is 12.1. The molecule has 0 aromatic heterocycles. The van der Waals surface area contributed by atoms with Crippen molar-refractivity contribution in [3.05, 3.63) is 11.6 Å². The summed E-state index contributed by atoms with van der Waals surface area (Å²) in [6, 6.07) is 0. The van der Waals surface area contributed by atoms with Crippen LogP contribution < -0.4 is 0 Å². The number of hydrogen-bond acceptors (Lipinski definition) is 4. The maximum atomic E-state index is 12.1. The Kier molecular flexibility index (Phi) is 3.56. The summed E-state index contributed by atoms with van der Waals surface area (Å²) in [5.74, 6) is -0.637. The fraction of sp³-hybridized carbons (Fsp3) is 0.850. The highest BCUT2D eigenvalue weighted by Crippen LogP contribution is 2.68. The molecule has 5 rings (SSSR count). The van der Waals surface area contributed by atoms with Gasteiger partial charge in [-0.2, -0.15) is 0 Å². The van der Waals surface area contributed by atoms with Crippen LogP contribution in [0.25, 0.3) is 0 Å². The van der Waals surface area contributed by atoms with Crippen LogP contribution in [0.15, 0.2) is 11.6 Å². The minimum Gasteiger partial charge on any atom is -0.481 e. The van der Waals surface area contributed by atoms with E-state index in [1.54, 1.807) is 0 Å². The van der Waals surface area contributed by atoms with Gasteiger partial charge < -0.3 is 10.2 Å². The van der Waals surface area contributed by atoms with E-state index in [4.69, 9.17) is 9.78 Å². The average Bonchev–Trinajstić information content (AvgIpc) is 2.58. The quantitative estimate of drug-likeness (QED) is 0.589. The third-order valence-corrected chi connectivity index (χ3v) is 8.21. The Labute approximate surface area is 149 Å². The van der Waals surface area contributed by atoms with Crippen LogP contribution in [0.2, 0.25) is 0 Å². The van der Waals surface area contributed by atoms with E-state index in [9.17, 15) is 15.0 Å². The predicted octanol–water partition coefficient (Wildman–Crippen LogP) is 3.46. The predicted molar refractivity (Wildman–Crippen MR) is 91.6 cm³/mol. The Balaban J connectivity index is 1.86. The zero-order valence-electron chi connectivity index (χ0n) is 15.7. The molecule has 0 aromatic rings. The zero-order valence-corrected chi connectivity index (χ0v) is 15.7. The number of hydrogen-bond donors (Lipinski definition) is 2. The Morgan fingerprint density at radius 2 is 1.92 bits per heavy atom. The van der Waals surface area contributed by atoms with Crippen LogP contribution in [0.3, 0.4) is 0 Å². The number of aliphatic carboxylic acids is 1. The van der Waals surface area contributed by atoms with Crippen LogP contribution in [-0.2, 0) is 14.6 Å². The average molecular weight is 350 g/mol. The van der Waals surface area contributed by atoms with Gasteiger partial charge in [0.25, 0.3) is 0 Å². The van der Waals surface area contributed by atoms with E-state index in [2.05, 4.69) is 26.8 Å². The Morgan fingerprint density at radius 1 is 1.20 bits per heavy atom. The van der Waals surface area contributed by atoms with Gasteiger partial charge >= 0.3 is 5.97 Å². The van der Waals surface area contributed by atoms with Crippen LogP contribution in [-0.4, -0.2) is 33.5 Å². The van der Waals surface area contributed by atoms with E-state index in [1.807, 2.05) is 6.92 Å². The van der Waals surface area contributed by atoms with Crippen molar-refractivity contribution in [1.82, 2.24) is 0 Å². The molecule has 5 aliphatic rings. The lowest BCUT2D eigenvalue weighted by Gasteiger charge is -2.67. The van der Waals surface area contributed by atoms with Gasteiger partial charge in [-0.15, -0.1) is 0 Å². The lowest BCUT2D eigenvalue weighted by atomic mass is 9.42. The topological polar surface area (TPSA) is 76.0 Å². The number of carboxylic acid groups (broad SMARTS) is 1. The van der Waals surface area contributed by atoms with Gasteiger partial charge in [0.1, 0.15) is 11.2 Å². The smallest absolute Gasteiger partial charge is 0.309 e. The minimum absolute atomic E-state index is 0.133. The fourth-order valence-corrected chi connectivity index (χ4v) is 6.38. The highest BCUT2D eigenvalue weighted by atomic mass is 17.2. The molecule has 1 saturated heterocycles. The highest BCUT2D eigenvalue weighted by molar-refractivity contribution is 5.75. The fourth-order valence-electron chi connectivity index (χ4n) is 6.38. The van der Waals surface area contributed by atoms with Crippen molar-refractivity contribution in [3.8, 4) is 0 Å². The van der Waals surface area contributed by atoms with E-state index < -0.39 is 28.7 Å². The second kappa shape index (κ2) is 5.08. The van der Waals surface area contributed by atoms with Crippen LogP contribution in [0, 0.1) is 22.7 Å². The molecular weight excluding hydrogens is 320 g/mol. The molecule has 5 heteroatoms. The van der Waals surface area contributed by atoms with E-state index in [1.165, 1.54) is 0 Å². The van der Waals surface area contributed by atoms with Crippen molar-refractivity contribution in [3.63, 3.8) is 0 Å². The Bertz CT molecular complexity index is 630. The third kappa shape index (κ3) is 1.92. The van der Waals surface area contributed by atoms with Gasteiger partial charge in [0, 0.05) is 5.41 Å². The summed E-state index contributed by atoms with van der Waals surface area (Å²) in [5.41, 5.74) is -1.39. The maximum Gasteiger partial charge on any atom is 0.309 e. The van der Waals surface area contributed by atoms with Gasteiger partial charge in [-0.25, -0.2) is 9.78 Å². The van der Waals surface area contributed by atoms with Crippen LogP contribution >= 0.6 is 0 Å². The van der Waals surface area contributed by atoms with E-state index in [0.29, 0.717) is 12.8 Å². The summed E-state index contributed by atoms with van der Waals surface area (Å²) in [4.78, 5) is 24.2. The van der Waals surface area contributed by atoms with Crippen LogP contribution in [0.4, 0.5) is 0 Å². The first kappa shape index (κ1) is 17.5. The molecule has 5 nitrogen and oxygen atoms in total. The second-order valence-corrected chi connectivity index (χ2v) is 9.50. The first-order valence-electron chi connectivity index (χ1n) is 9.63. The summed E-state index contributed by atoms with van der Waals surface area (Å²) < 4.78 is 0. The van der Waals surface area contributed by atoms with E-state index in [0.717, 1.165) is 31.3 Å². The van der Waals surface area contributed by atoms with Crippen molar-refractivity contribution in [1.29, 1.82) is 0 Å². The van der Waals surface area contributed by atoms with Gasteiger partial charge in [0.05, 0.1) is 11.5 Å². The van der Waals surface area contributed by atoms with Crippen molar-refractivity contribution in [2.24, 2.45) is 22.7 Å². The molecule has 3 fully saturated rings. The van der Waals surface area contributed by atoms with Crippen molar-refractivity contribution < 1.29 is 24.8 Å². The third-order valence-electron chi connectivity index (χ3n) is 8.21. The molecule has 0 unspecified atom stereocenters. The van der Waals surface area contributed by atoms with Gasteiger partial charge in [0.15, 0.2) is 0 Å². The molecule has 140 valence electrons. The van der Waals surface area contributed by atoms with Crippen molar-refractivity contribution in [2.75, 3.05) is 0 Å². The number of carbonyl (C=O) groups is 1. The molecule has 3 aliphatic carbocycles. The number of aliphatic hydroxyl groups excluding tert-OH is 1. The first-order valence-corrected chi connectivity index (χ1v) is 9.63. The minimum atomic E-state index is -0.832. The zero-order chi connectivity index (χ0) is 18.3. The molecule has 2 saturated carbocycles. The normalized spacial score (nSPS) is 51.7. The van der Waals surface area contributed by atoms with E-state index >= 15 is 0 Å². The summed E-state index contributed by atoms with van der Waals surface area (Å²) in [6.07, 6.45) is 6.01. The molecule has 25 heavy (non-hydrogen) atoms. The van der Waals surface area contributed by atoms with Crippen molar-refractivity contribution >= 4 is 5.97 Å². The van der Waals surface area contributed by atoms with Crippen LogP contribution in [0.5, 0.6) is 0 Å². The summed E-state index contributed by atoms with van der Waals surface area (Å²) >= 11 is 0. The molecule has 0 aromatic carbocycles. The molecule has 2 N–H and O–H groups in total. The largest absolute Gasteiger partial charge is 0.481 e. The standard InChI is InChI=1S/C20H30O5/c1-12(2)19-8-9-20(25-24-19)13(11-19)14(21)10-15-17(3,16(22)23)6-5-7-18(15,20)4/h11-12,14-15,21H,5-10H2,1-4H3,(H,22,23)/t14-,15+,17-,18+,19+,20-/m1/s1. The summed E-state index contributed by atoms with van der Waals surface area (Å²) in [7, 11) is 0. The monoisotopic (exact) mass is 350 g/mol. The number of aliphatic hydroxyl groups is 1.